The molecule has 2 N–H and O–H groups in total. The Morgan fingerprint density at radius 3 is 2.74 bits per heavy atom. The smallest absolute Gasteiger partial charge is 0.345 e. The monoisotopic (exact) mass is 433 g/mol. The molecule has 3 atom stereocenters. The van der Waals surface area contributed by atoms with Crippen LogP contribution in [-0.2, 0) is 4.79 Å². The van der Waals surface area contributed by atoms with Gasteiger partial charge in [0.2, 0.25) is 5.91 Å². The van der Waals surface area contributed by atoms with Crippen molar-refractivity contribution in [3.05, 3.63) is 69.9 Å². The molecule has 6 heteroatoms. The summed E-state index contributed by atoms with van der Waals surface area (Å²) in [5.41, 5.74) is 0.944. The number of hydrogen-bond donors (Lipinski definition) is 2. The molecule has 2 heterocycles. The van der Waals surface area contributed by atoms with E-state index in [2.05, 4.69) is 23.8 Å². The van der Waals surface area contributed by atoms with Gasteiger partial charge in [-0.05, 0) is 42.5 Å². The third kappa shape index (κ3) is 6.33. The lowest BCUT2D eigenvalue weighted by Crippen LogP contribution is -2.27. The van der Waals surface area contributed by atoms with Gasteiger partial charge in [-0.2, -0.15) is 0 Å². The van der Waals surface area contributed by atoms with Crippen molar-refractivity contribution in [2.45, 2.75) is 38.3 Å². The second kappa shape index (κ2) is 10.6. The number of nitrogens with zero attached hydrogens (tertiary/aromatic N) is 1. The summed E-state index contributed by atoms with van der Waals surface area (Å²) in [6.07, 6.45) is 4.43. The molecule has 0 saturated carbocycles. The van der Waals surface area contributed by atoms with Crippen LogP contribution in [0.15, 0.2) is 54.6 Å². The van der Waals surface area contributed by atoms with Crippen LogP contribution >= 0.6 is 11.3 Å². The second-order valence-corrected chi connectivity index (χ2v) is 8.38. The third-order valence-corrected chi connectivity index (χ3v) is 5.90. The van der Waals surface area contributed by atoms with Gasteiger partial charge in [-0.3, -0.25) is 9.69 Å². The van der Waals surface area contributed by atoms with E-state index in [1.807, 2.05) is 43.3 Å². The Morgan fingerprint density at radius 1 is 1.26 bits per heavy atom. The zero-order valence-electron chi connectivity index (χ0n) is 17.1. The van der Waals surface area contributed by atoms with E-state index >= 15 is 0 Å². The van der Waals surface area contributed by atoms with Crippen LogP contribution in [0, 0.1) is 29.7 Å². The summed E-state index contributed by atoms with van der Waals surface area (Å²) in [5, 5.41) is 19.4. The van der Waals surface area contributed by atoms with Crippen LogP contribution in [0.25, 0.3) is 0 Å². The molecule has 0 bridgehead atoms. The number of carbonyl (C=O) groups excluding carboxylic acids is 1. The van der Waals surface area contributed by atoms with E-state index < -0.39 is 12.1 Å². The topological polar surface area (TPSA) is 77.8 Å². The van der Waals surface area contributed by atoms with Crippen molar-refractivity contribution >= 4 is 23.2 Å². The van der Waals surface area contributed by atoms with E-state index in [0.29, 0.717) is 24.1 Å². The summed E-state index contributed by atoms with van der Waals surface area (Å²) in [5.74, 6) is 7.94. The van der Waals surface area contributed by atoms with Crippen molar-refractivity contribution in [2.24, 2.45) is 5.92 Å². The number of likely N-dealkylation sites (tertiary alicyclic amines) is 1. The van der Waals surface area contributed by atoms with Crippen LogP contribution in [0.1, 0.15) is 46.3 Å². The summed E-state index contributed by atoms with van der Waals surface area (Å²) in [6, 6.07) is 15.5. The van der Waals surface area contributed by atoms with Crippen LogP contribution in [0.5, 0.6) is 0 Å². The van der Waals surface area contributed by atoms with Crippen molar-refractivity contribution in [1.82, 2.24) is 4.90 Å². The number of carbonyl (C=O) groups is 2. The van der Waals surface area contributed by atoms with E-state index in [0.717, 1.165) is 16.9 Å². The maximum atomic E-state index is 12.2. The molecule has 1 aromatic heterocycles. The molecule has 1 fully saturated rings. The molecular formula is C25H23NO4S. The number of carboxylic acids is 1. The standard InChI is InChI=1S/C25H23NO4S/c1-18(6-5-9-19-7-3-2-4-8-19)22(27)13-10-20-11-15-24(28)26(20)17-16-21-12-14-23(31-21)25(29)30/h2-4,7-8,10,12-14,18,20,22,27H,6,11,15H2,1H3,(H,29,30)/b13-10+/t18?,20-,22-/m0/s1. The SMILES string of the molecule is CC(CC#Cc1ccccc1)[C@@H](O)/C=C/[C@H]1CCC(=O)N1C#Cc1ccc(C(=O)O)s1. The summed E-state index contributed by atoms with van der Waals surface area (Å²) in [6.45, 7) is 1.93. The van der Waals surface area contributed by atoms with E-state index in [9.17, 15) is 14.7 Å². The van der Waals surface area contributed by atoms with Gasteiger partial charge in [-0.25, -0.2) is 4.79 Å². The van der Waals surface area contributed by atoms with Crippen LogP contribution < -0.4 is 0 Å². The van der Waals surface area contributed by atoms with Crippen molar-refractivity contribution in [2.75, 3.05) is 0 Å². The molecule has 31 heavy (non-hydrogen) atoms. The van der Waals surface area contributed by atoms with Gasteiger partial charge < -0.3 is 10.2 Å². The van der Waals surface area contributed by atoms with Crippen LogP contribution in [0.2, 0.25) is 0 Å². The highest BCUT2D eigenvalue weighted by Gasteiger charge is 2.28. The predicted molar refractivity (Wildman–Crippen MR) is 120 cm³/mol. The normalized spacial score (nSPS) is 17.5. The fourth-order valence-corrected chi connectivity index (χ4v) is 3.75. The lowest BCUT2D eigenvalue weighted by atomic mass is 9.99. The Labute approximate surface area is 186 Å². The minimum Gasteiger partial charge on any atom is -0.477 e. The number of amides is 1. The molecule has 158 valence electrons. The molecule has 2 aromatic rings. The first-order valence-electron chi connectivity index (χ1n) is 10.0. The number of aliphatic hydroxyl groups is 1. The molecule has 0 spiro atoms. The molecule has 1 unspecified atom stereocenters. The number of aliphatic hydroxyl groups excluding tert-OH is 1. The fourth-order valence-electron chi connectivity index (χ4n) is 3.06. The van der Waals surface area contributed by atoms with Gasteiger partial charge in [-0.1, -0.05) is 49.1 Å². The predicted octanol–water partition coefficient (Wildman–Crippen LogP) is 3.74. The lowest BCUT2D eigenvalue weighted by molar-refractivity contribution is -0.125. The van der Waals surface area contributed by atoms with Gasteiger partial charge in [0.05, 0.1) is 17.0 Å². The zero-order chi connectivity index (χ0) is 22.2. The summed E-state index contributed by atoms with van der Waals surface area (Å²) >= 11 is 1.07. The molecule has 1 aliphatic rings. The average Bonchev–Trinajstić information content (AvgIpc) is 3.38. The lowest BCUT2D eigenvalue weighted by Gasteiger charge is -2.17. The highest BCUT2D eigenvalue weighted by Crippen LogP contribution is 2.21. The van der Waals surface area contributed by atoms with E-state index in [-0.39, 0.29) is 22.7 Å². The quantitative estimate of drug-likeness (QED) is 0.556. The van der Waals surface area contributed by atoms with Gasteiger partial charge in [0, 0.05) is 24.4 Å². The Balaban J connectivity index is 1.59. The Morgan fingerprint density at radius 2 is 2.03 bits per heavy atom. The molecule has 3 rings (SSSR count). The van der Waals surface area contributed by atoms with Gasteiger partial charge in [0.15, 0.2) is 0 Å². The number of carboxylic acid groups (broad SMARTS) is 1. The summed E-state index contributed by atoms with van der Waals surface area (Å²) in [4.78, 5) is 25.4. The van der Waals surface area contributed by atoms with Crippen molar-refractivity contribution < 1.29 is 19.8 Å². The van der Waals surface area contributed by atoms with Gasteiger partial charge in [0.25, 0.3) is 0 Å². The first-order chi connectivity index (χ1) is 14.9. The van der Waals surface area contributed by atoms with E-state index in [1.165, 1.54) is 11.0 Å². The molecular weight excluding hydrogens is 410 g/mol. The zero-order valence-corrected chi connectivity index (χ0v) is 17.9. The van der Waals surface area contributed by atoms with Crippen LogP contribution in [-0.4, -0.2) is 39.1 Å². The van der Waals surface area contributed by atoms with Crippen molar-refractivity contribution in [3.8, 4) is 23.8 Å². The molecule has 0 aliphatic carbocycles. The number of rotatable bonds is 5. The summed E-state index contributed by atoms with van der Waals surface area (Å²) < 4.78 is 0. The maximum absolute atomic E-state index is 12.2. The summed E-state index contributed by atoms with van der Waals surface area (Å²) in [7, 11) is 0. The molecule has 1 saturated heterocycles. The van der Waals surface area contributed by atoms with Crippen molar-refractivity contribution in [3.63, 3.8) is 0 Å². The Kier molecular flexibility index (Phi) is 7.67. The minimum atomic E-state index is -0.993. The Bertz CT molecular complexity index is 1080. The third-order valence-electron chi connectivity index (χ3n) is 4.91. The van der Waals surface area contributed by atoms with Crippen LogP contribution in [0.3, 0.4) is 0 Å². The second-order valence-electron chi connectivity index (χ2n) is 7.30. The van der Waals surface area contributed by atoms with Gasteiger partial charge >= 0.3 is 5.97 Å². The minimum absolute atomic E-state index is 0.0512. The number of hydrogen-bond acceptors (Lipinski definition) is 4. The first kappa shape index (κ1) is 22.4. The molecule has 0 radical (unpaired) electrons. The van der Waals surface area contributed by atoms with Gasteiger partial charge in [0.1, 0.15) is 4.88 Å². The molecule has 1 amide bonds. The highest BCUT2D eigenvalue weighted by atomic mass is 32.1. The molecule has 5 nitrogen and oxygen atoms in total. The first-order valence-corrected chi connectivity index (χ1v) is 10.8. The largest absolute Gasteiger partial charge is 0.477 e. The molecule has 1 aliphatic heterocycles. The number of thiophene rings is 1. The number of aromatic carboxylic acids is 1. The average molecular weight is 434 g/mol. The molecule has 1 aromatic carbocycles. The van der Waals surface area contributed by atoms with E-state index in [1.54, 1.807) is 12.1 Å². The Hall–Kier alpha value is -3.32. The van der Waals surface area contributed by atoms with Gasteiger partial charge in [-0.15, -0.1) is 11.3 Å². The van der Waals surface area contributed by atoms with Crippen molar-refractivity contribution in [1.29, 1.82) is 0 Å². The number of benzene rings is 1. The fraction of sp³-hybridized carbons (Fsp3) is 0.280. The maximum Gasteiger partial charge on any atom is 0.345 e. The highest BCUT2D eigenvalue weighted by molar-refractivity contribution is 7.14. The van der Waals surface area contributed by atoms with E-state index in [4.69, 9.17) is 5.11 Å². The van der Waals surface area contributed by atoms with Crippen LogP contribution in [0.4, 0.5) is 0 Å².